The van der Waals surface area contributed by atoms with Crippen molar-refractivity contribution < 1.29 is 9.18 Å². The van der Waals surface area contributed by atoms with E-state index in [9.17, 15) is 9.18 Å². The highest BCUT2D eigenvalue weighted by molar-refractivity contribution is 6.34. The van der Waals surface area contributed by atoms with Gasteiger partial charge in [0.05, 0.1) is 5.02 Å². The highest BCUT2D eigenvalue weighted by atomic mass is 35.5. The Morgan fingerprint density at radius 3 is 2.88 bits per heavy atom. The quantitative estimate of drug-likeness (QED) is 0.727. The second-order valence-electron chi connectivity index (χ2n) is 4.77. The Bertz CT molecular complexity index is 430. The molecule has 0 radical (unpaired) electrons. The molecule has 2 unspecified atom stereocenters. The summed E-state index contributed by atoms with van der Waals surface area (Å²) in [4.78, 5) is 12.2. The number of Topliss-reactive ketones (excluding diaryl/α,β-unsaturated/α-hetero) is 1. The maximum absolute atomic E-state index is 13.1. The zero-order valence-electron chi connectivity index (χ0n) is 9.88. The normalized spacial score (nSPS) is 23.9. The highest BCUT2D eigenvalue weighted by Crippen LogP contribution is 2.36. The summed E-state index contributed by atoms with van der Waals surface area (Å²) in [5.74, 6) is 0.267. The van der Waals surface area contributed by atoms with Crippen molar-refractivity contribution in [3.8, 4) is 0 Å². The largest absolute Gasteiger partial charge is 0.294 e. The van der Waals surface area contributed by atoms with Crippen LogP contribution in [0.1, 0.15) is 43.0 Å². The number of rotatable bonds is 3. The van der Waals surface area contributed by atoms with Gasteiger partial charge in [0.25, 0.3) is 0 Å². The third-order valence-corrected chi connectivity index (χ3v) is 4.01. The molecule has 1 saturated carbocycles. The molecule has 0 spiro atoms. The number of benzene rings is 1. The molecule has 2 atom stereocenters. The molecule has 2 rings (SSSR count). The molecular weight excluding hydrogens is 239 g/mol. The van der Waals surface area contributed by atoms with Gasteiger partial charge in [-0.2, -0.15) is 0 Å². The van der Waals surface area contributed by atoms with Crippen LogP contribution in [0.5, 0.6) is 0 Å². The fourth-order valence-electron chi connectivity index (χ4n) is 2.59. The Morgan fingerprint density at radius 1 is 1.47 bits per heavy atom. The Balaban J connectivity index is 2.17. The number of hydrogen-bond acceptors (Lipinski definition) is 1. The number of carbonyl (C=O) groups is 1. The van der Waals surface area contributed by atoms with Gasteiger partial charge >= 0.3 is 0 Å². The van der Waals surface area contributed by atoms with E-state index in [-0.39, 0.29) is 11.7 Å². The lowest BCUT2D eigenvalue weighted by atomic mass is 9.94. The van der Waals surface area contributed by atoms with E-state index in [4.69, 9.17) is 11.6 Å². The highest BCUT2D eigenvalue weighted by Gasteiger charge is 2.30. The topological polar surface area (TPSA) is 17.1 Å². The monoisotopic (exact) mass is 254 g/mol. The molecule has 0 aromatic heterocycles. The molecule has 1 aliphatic carbocycles. The van der Waals surface area contributed by atoms with Crippen LogP contribution >= 0.6 is 11.6 Å². The van der Waals surface area contributed by atoms with Crippen molar-refractivity contribution in [2.24, 2.45) is 11.8 Å². The van der Waals surface area contributed by atoms with Crippen molar-refractivity contribution in [2.75, 3.05) is 0 Å². The Labute approximate surface area is 106 Å². The molecule has 0 aliphatic heterocycles. The maximum atomic E-state index is 13.1. The maximum Gasteiger partial charge on any atom is 0.167 e. The zero-order chi connectivity index (χ0) is 12.4. The molecular formula is C14H16ClFO. The fourth-order valence-corrected chi connectivity index (χ4v) is 2.80. The van der Waals surface area contributed by atoms with Gasteiger partial charge in [0, 0.05) is 11.5 Å². The van der Waals surface area contributed by atoms with Crippen LogP contribution in [0, 0.1) is 17.7 Å². The third kappa shape index (κ3) is 2.68. The van der Waals surface area contributed by atoms with Gasteiger partial charge in [0.1, 0.15) is 5.82 Å². The first-order valence-electron chi connectivity index (χ1n) is 6.11. The van der Waals surface area contributed by atoms with Gasteiger partial charge in [-0.25, -0.2) is 4.39 Å². The number of carbonyl (C=O) groups excluding carboxylic acids is 1. The smallest absolute Gasteiger partial charge is 0.167 e. The molecule has 0 heterocycles. The lowest BCUT2D eigenvalue weighted by molar-refractivity contribution is 0.0919. The van der Waals surface area contributed by atoms with E-state index in [0.717, 1.165) is 25.7 Å². The summed E-state index contributed by atoms with van der Waals surface area (Å²) in [5.41, 5.74) is 0.341. The fraction of sp³-hybridized carbons (Fsp3) is 0.500. The van der Waals surface area contributed by atoms with Crippen LogP contribution in [-0.4, -0.2) is 5.78 Å². The lowest BCUT2D eigenvalue weighted by Crippen LogP contribution is -2.12. The second-order valence-corrected chi connectivity index (χ2v) is 5.18. The SMILES string of the molecule is CCC1CCC(C(=O)c2cc(F)ccc2Cl)C1. The van der Waals surface area contributed by atoms with E-state index in [2.05, 4.69) is 6.92 Å². The minimum absolute atomic E-state index is 0.00505. The molecule has 1 aliphatic rings. The summed E-state index contributed by atoms with van der Waals surface area (Å²) in [6, 6.07) is 3.99. The van der Waals surface area contributed by atoms with Gasteiger partial charge in [-0.15, -0.1) is 0 Å². The van der Waals surface area contributed by atoms with E-state index in [1.165, 1.54) is 18.2 Å². The van der Waals surface area contributed by atoms with Crippen LogP contribution in [0.25, 0.3) is 0 Å². The zero-order valence-corrected chi connectivity index (χ0v) is 10.6. The van der Waals surface area contributed by atoms with Crippen LogP contribution in [0.2, 0.25) is 5.02 Å². The minimum atomic E-state index is -0.400. The van der Waals surface area contributed by atoms with E-state index in [0.29, 0.717) is 16.5 Å². The van der Waals surface area contributed by atoms with Crippen LogP contribution in [-0.2, 0) is 0 Å². The van der Waals surface area contributed by atoms with Crippen molar-refractivity contribution in [1.82, 2.24) is 0 Å². The summed E-state index contributed by atoms with van der Waals surface area (Å²) in [6.07, 6.45) is 4.03. The summed E-state index contributed by atoms with van der Waals surface area (Å²) in [6.45, 7) is 2.15. The van der Waals surface area contributed by atoms with Crippen LogP contribution < -0.4 is 0 Å². The Hall–Kier alpha value is -0.890. The van der Waals surface area contributed by atoms with Gasteiger partial charge in [-0.3, -0.25) is 4.79 Å². The summed E-state index contributed by atoms with van der Waals surface area (Å²) in [7, 11) is 0. The summed E-state index contributed by atoms with van der Waals surface area (Å²) in [5, 5.41) is 0.358. The predicted molar refractivity (Wildman–Crippen MR) is 66.9 cm³/mol. The first-order chi connectivity index (χ1) is 8.11. The molecule has 1 aromatic rings. The second kappa shape index (κ2) is 5.18. The first kappa shape index (κ1) is 12.6. The molecule has 3 heteroatoms. The van der Waals surface area contributed by atoms with Crippen LogP contribution in [0.15, 0.2) is 18.2 Å². The van der Waals surface area contributed by atoms with Crippen molar-refractivity contribution >= 4 is 17.4 Å². The lowest BCUT2D eigenvalue weighted by Gasteiger charge is -2.10. The molecule has 1 nitrogen and oxygen atoms in total. The van der Waals surface area contributed by atoms with Gasteiger partial charge in [-0.05, 0) is 43.4 Å². The Kier molecular flexibility index (Phi) is 3.82. The number of ketones is 1. The summed E-state index contributed by atoms with van der Waals surface area (Å²) < 4.78 is 13.1. The average Bonchev–Trinajstić information content (AvgIpc) is 2.80. The van der Waals surface area contributed by atoms with Gasteiger partial charge in [0.15, 0.2) is 5.78 Å². The minimum Gasteiger partial charge on any atom is -0.294 e. The Morgan fingerprint density at radius 2 is 2.24 bits per heavy atom. The van der Waals surface area contributed by atoms with E-state index < -0.39 is 5.82 Å². The van der Waals surface area contributed by atoms with Crippen LogP contribution in [0.4, 0.5) is 4.39 Å². The van der Waals surface area contributed by atoms with Crippen molar-refractivity contribution in [3.63, 3.8) is 0 Å². The van der Waals surface area contributed by atoms with Crippen molar-refractivity contribution in [3.05, 3.63) is 34.6 Å². The van der Waals surface area contributed by atoms with Gasteiger partial charge in [0.2, 0.25) is 0 Å². The number of halogens is 2. The van der Waals surface area contributed by atoms with E-state index >= 15 is 0 Å². The van der Waals surface area contributed by atoms with E-state index in [1.54, 1.807) is 0 Å². The third-order valence-electron chi connectivity index (χ3n) is 3.68. The molecule has 1 fully saturated rings. The predicted octanol–water partition coefficient (Wildman–Crippen LogP) is 4.49. The first-order valence-corrected chi connectivity index (χ1v) is 6.49. The molecule has 92 valence electrons. The van der Waals surface area contributed by atoms with Gasteiger partial charge in [-0.1, -0.05) is 24.9 Å². The molecule has 1 aromatic carbocycles. The molecule has 17 heavy (non-hydrogen) atoms. The molecule has 0 N–H and O–H groups in total. The molecule has 0 bridgehead atoms. The van der Waals surface area contributed by atoms with Crippen LogP contribution in [0.3, 0.4) is 0 Å². The molecule has 0 amide bonds. The molecule has 0 saturated heterocycles. The summed E-state index contributed by atoms with van der Waals surface area (Å²) >= 11 is 5.95. The average molecular weight is 255 g/mol. The van der Waals surface area contributed by atoms with Crippen molar-refractivity contribution in [2.45, 2.75) is 32.6 Å². The van der Waals surface area contributed by atoms with Crippen molar-refractivity contribution in [1.29, 1.82) is 0 Å². The van der Waals surface area contributed by atoms with E-state index in [1.807, 2.05) is 0 Å². The number of hydrogen-bond donors (Lipinski definition) is 0. The van der Waals surface area contributed by atoms with Gasteiger partial charge < -0.3 is 0 Å². The standard InChI is InChI=1S/C14H16ClFO/c1-2-9-3-4-10(7-9)14(17)12-8-11(16)5-6-13(12)15/h5-6,8-10H,2-4,7H2,1H3.